The van der Waals surface area contributed by atoms with Crippen LogP contribution in [0.3, 0.4) is 0 Å². The number of piperidine rings is 3. The highest BCUT2D eigenvalue weighted by molar-refractivity contribution is 5.74. The number of carbonyl (C=O) groups is 1. The van der Waals surface area contributed by atoms with Gasteiger partial charge in [0.1, 0.15) is 11.9 Å². The normalized spacial score (nSPS) is 26.5. The average molecular weight is 477 g/mol. The molecule has 3 aliphatic heterocycles. The second kappa shape index (κ2) is 9.50. The Morgan fingerprint density at radius 1 is 1.14 bits per heavy atom. The molecule has 6 rings (SSSR count). The number of alkyl carbamates (subject to hydrolysis) is 1. The summed E-state index contributed by atoms with van der Waals surface area (Å²) in [6.45, 7) is 14.6. The Hall–Kier alpha value is -2.53. The van der Waals surface area contributed by atoms with Crippen LogP contribution in [-0.2, 0) is 11.2 Å². The Labute approximate surface area is 210 Å². The standard InChI is InChI=1S/C30H40N2O3/c1-6-34-26-16-25-23(15-24(26)21-9-7-20(8-10-21)19(2)3)17-30(4,5)28(25)31-29(33)35-27-18-32-13-11-22(27)12-14-32/h7-10,15-16,19,22,27-28H,6,11-14,17-18H2,1-5H3,(H,31,33)/t27-,28+/m1/s1. The molecule has 5 nitrogen and oxygen atoms in total. The molecule has 0 unspecified atom stereocenters. The van der Waals surface area contributed by atoms with Crippen LogP contribution in [0.25, 0.3) is 11.1 Å². The number of benzene rings is 2. The van der Waals surface area contributed by atoms with Crippen molar-refractivity contribution in [2.45, 2.75) is 71.9 Å². The highest BCUT2D eigenvalue weighted by Gasteiger charge is 2.42. The van der Waals surface area contributed by atoms with Gasteiger partial charge in [-0.05, 0) is 90.9 Å². The summed E-state index contributed by atoms with van der Waals surface area (Å²) in [7, 11) is 0. The van der Waals surface area contributed by atoms with Crippen molar-refractivity contribution in [1.82, 2.24) is 10.2 Å². The van der Waals surface area contributed by atoms with E-state index >= 15 is 0 Å². The predicted molar refractivity (Wildman–Crippen MR) is 140 cm³/mol. The van der Waals surface area contributed by atoms with E-state index in [9.17, 15) is 4.79 Å². The van der Waals surface area contributed by atoms with Crippen molar-refractivity contribution in [3.63, 3.8) is 0 Å². The number of rotatable bonds is 6. The first-order chi connectivity index (χ1) is 16.7. The first-order valence-electron chi connectivity index (χ1n) is 13.3. The van der Waals surface area contributed by atoms with Gasteiger partial charge in [-0.15, -0.1) is 0 Å². The van der Waals surface area contributed by atoms with Crippen LogP contribution < -0.4 is 10.1 Å². The number of fused-ring (bicyclic) bond motifs is 4. The molecule has 3 saturated heterocycles. The van der Waals surface area contributed by atoms with E-state index < -0.39 is 0 Å². The number of nitrogens with one attached hydrogen (secondary N) is 1. The summed E-state index contributed by atoms with van der Waals surface area (Å²) in [5.74, 6) is 1.88. The number of amides is 1. The molecule has 188 valence electrons. The van der Waals surface area contributed by atoms with E-state index in [0.29, 0.717) is 18.4 Å². The van der Waals surface area contributed by atoms with E-state index in [1.165, 1.54) is 11.1 Å². The van der Waals surface area contributed by atoms with Gasteiger partial charge in [0.2, 0.25) is 0 Å². The van der Waals surface area contributed by atoms with Gasteiger partial charge >= 0.3 is 6.09 Å². The molecular weight excluding hydrogens is 436 g/mol. The van der Waals surface area contributed by atoms with Crippen LogP contribution >= 0.6 is 0 Å². The van der Waals surface area contributed by atoms with Gasteiger partial charge in [-0.2, -0.15) is 0 Å². The number of ether oxygens (including phenoxy) is 2. The molecule has 1 N–H and O–H groups in total. The fraction of sp³-hybridized carbons (Fsp3) is 0.567. The molecule has 0 spiro atoms. The third-order valence-electron chi connectivity index (χ3n) is 8.28. The van der Waals surface area contributed by atoms with Gasteiger partial charge in [0.15, 0.2) is 0 Å². The summed E-state index contributed by atoms with van der Waals surface area (Å²) in [4.78, 5) is 15.5. The molecule has 0 aromatic heterocycles. The summed E-state index contributed by atoms with van der Waals surface area (Å²) < 4.78 is 12.1. The van der Waals surface area contributed by atoms with Gasteiger partial charge in [0.05, 0.1) is 12.6 Å². The second-order valence-electron chi connectivity index (χ2n) is 11.6. The highest BCUT2D eigenvalue weighted by atomic mass is 16.6. The molecule has 1 amide bonds. The summed E-state index contributed by atoms with van der Waals surface area (Å²) in [6, 6.07) is 13.1. The lowest BCUT2D eigenvalue weighted by Crippen LogP contribution is -2.53. The van der Waals surface area contributed by atoms with Crippen LogP contribution in [0.4, 0.5) is 4.79 Å². The van der Waals surface area contributed by atoms with Crippen molar-refractivity contribution in [2.75, 3.05) is 26.2 Å². The van der Waals surface area contributed by atoms with E-state index in [0.717, 1.165) is 61.3 Å². The fourth-order valence-corrected chi connectivity index (χ4v) is 6.23. The smallest absolute Gasteiger partial charge is 0.407 e. The Morgan fingerprint density at radius 3 is 2.46 bits per heavy atom. The average Bonchev–Trinajstić information content (AvgIpc) is 3.08. The number of hydrogen-bond donors (Lipinski definition) is 1. The van der Waals surface area contributed by atoms with Crippen molar-refractivity contribution < 1.29 is 14.3 Å². The molecule has 3 fully saturated rings. The minimum atomic E-state index is -0.291. The Kier molecular flexibility index (Phi) is 6.56. The topological polar surface area (TPSA) is 50.8 Å². The van der Waals surface area contributed by atoms with Crippen LogP contribution in [0.5, 0.6) is 5.75 Å². The van der Waals surface area contributed by atoms with Crippen molar-refractivity contribution in [3.8, 4) is 16.9 Å². The maximum atomic E-state index is 13.0. The van der Waals surface area contributed by atoms with E-state index in [-0.39, 0.29) is 23.7 Å². The Bertz CT molecular complexity index is 1070. The van der Waals surface area contributed by atoms with Gasteiger partial charge in [0.25, 0.3) is 0 Å². The second-order valence-corrected chi connectivity index (χ2v) is 11.6. The number of hydrogen-bond acceptors (Lipinski definition) is 4. The quantitative estimate of drug-likeness (QED) is 0.530. The van der Waals surface area contributed by atoms with E-state index in [1.807, 2.05) is 6.92 Å². The fourth-order valence-electron chi connectivity index (χ4n) is 6.23. The zero-order valence-corrected chi connectivity index (χ0v) is 21.9. The molecule has 4 aliphatic rings. The Balaban J connectivity index is 1.40. The molecule has 1 aliphatic carbocycles. The monoisotopic (exact) mass is 476 g/mol. The maximum Gasteiger partial charge on any atom is 0.407 e. The number of carbonyl (C=O) groups excluding carboxylic acids is 1. The van der Waals surface area contributed by atoms with Crippen LogP contribution in [0, 0.1) is 11.3 Å². The maximum absolute atomic E-state index is 13.0. The van der Waals surface area contributed by atoms with Gasteiger partial charge in [-0.25, -0.2) is 4.79 Å². The van der Waals surface area contributed by atoms with Gasteiger partial charge in [-0.3, -0.25) is 4.90 Å². The lowest BCUT2D eigenvalue weighted by molar-refractivity contribution is -0.0349. The molecule has 2 atom stereocenters. The lowest BCUT2D eigenvalue weighted by Gasteiger charge is -2.44. The van der Waals surface area contributed by atoms with Crippen molar-refractivity contribution in [3.05, 3.63) is 53.1 Å². The van der Waals surface area contributed by atoms with Crippen molar-refractivity contribution in [2.24, 2.45) is 11.3 Å². The van der Waals surface area contributed by atoms with Crippen LogP contribution in [0.15, 0.2) is 36.4 Å². The third-order valence-corrected chi connectivity index (χ3v) is 8.28. The zero-order chi connectivity index (χ0) is 24.7. The molecular formula is C30H40N2O3. The third kappa shape index (κ3) is 4.80. The summed E-state index contributed by atoms with van der Waals surface area (Å²) in [6.07, 6.45) is 2.89. The Morgan fingerprint density at radius 2 is 1.86 bits per heavy atom. The summed E-state index contributed by atoms with van der Waals surface area (Å²) in [5.41, 5.74) is 5.92. The van der Waals surface area contributed by atoms with E-state index in [1.54, 1.807) is 0 Å². The number of nitrogens with zero attached hydrogens (tertiary/aromatic N) is 1. The molecule has 2 aromatic carbocycles. The first kappa shape index (κ1) is 24.2. The molecule has 3 heterocycles. The van der Waals surface area contributed by atoms with Crippen LogP contribution in [0.1, 0.15) is 76.1 Å². The molecule has 0 saturated carbocycles. The predicted octanol–water partition coefficient (Wildman–Crippen LogP) is 6.32. The summed E-state index contributed by atoms with van der Waals surface area (Å²) in [5, 5.41) is 3.25. The highest BCUT2D eigenvalue weighted by Crippen LogP contribution is 2.49. The molecule has 2 aromatic rings. The van der Waals surface area contributed by atoms with E-state index in [4.69, 9.17) is 9.47 Å². The molecule has 35 heavy (non-hydrogen) atoms. The molecule has 2 bridgehead atoms. The minimum absolute atomic E-state index is 0.0108. The minimum Gasteiger partial charge on any atom is -0.493 e. The van der Waals surface area contributed by atoms with Crippen LogP contribution in [0.2, 0.25) is 0 Å². The van der Waals surface area contributed by atoms with Gasteiger partial charge in [0, 0.05) is 12.1 Å². The lowest BCUT2D eigenvalue weighted by atomic mass is 9.85. The van der Waals surface area contributed by atoms with Crippen molar-refractivity contribution in [1.29, 1.82) is 0 Å². The van der Waals surface area contributed by atoms with Crippen molar-refractivity contribution >= 4 is 6.09 Å². The van der Waals surface area contributed by atoms with Gasteiger partial charge in [-0.1, -0.05) is 52.0 Å². The summed E-state index contributed by atoms with van der Waals surface area (Å²) >= 11 is 0. The largest absolute Gasteiger partial charge is 0.493 e. The molecule has 5 heteroatoms. The SMILES string of the molecule is CCOc1cc2c(cc1-c1ccc(C(C)C)cc1)CC(C)(C)[C@H]2NC(=O)O[C@@H]1CN2CCC1CC2. The first-order valence-corrected chi connectivity index (χ1v) is 13.3. The molecule has 0 radical (unpaired) electrons. The zero-order valence-electron chi connectivity index (χ0n) is 21.9. The van der Waals surface area contributed by atoms with Gasteiger partial charge < -0.3 is 14.8 Å². The van der Waals surface area contributed by atoms with Crippen LogP contribution in [-0.4, -0.2) is 43.3 Å². The van der Waals surface area contributed by atoms with E-state index in [2.05, 4.69) is 74.3 Å².